The Balaban J connectivity index is 1.81. The van der Waals surface area contributed by atoms with E-state index in [2.05, 4.69) is 27.7 Å². The highest BCUT2D eigenvalue weighted by atomic mass is 127. The van der Waals surface area contributed by atoms with Gasteiger partial charge in [0.1, 0.15) is 11.5 Å². The highest BCUT2D eigenvalue weighted by Crippen LogP contribution is 2.47. The zero-order valence-corrected chi connectivity index (χ0v) is 16.9. The second-order valence-electron chi connectivity index (χ2n) is 5.64. The number of hydrogen-bond acceptors (Lipinski definition) is 5. The quantitative estimate of drug-likeness (QED) is 0.125. The first-order valence-electron chi connectivity index (χ1n) is 7.57. The molecule has 0 N–H and O–H groups in total. The van der Waals surface area contributed by atoms with Crippen LogP contribution >= 0.6 is 46.6 Å². The van der Waals surface area contributed by atoms with Crippen molar-refractivity contribution in [1.29, 1.82) is 0 Å². The van der Waals surface area contributed by atoms with Crippen molar-refractivity contribution in [2.45, 2.75) is 22.9 Å². The highest BCUT2D eigenvalue weighted by Gasteiger charge is 2.55. The number of fused-ring (bicyclic) bond motifs is 2. The Morgan fingerprint density at radius 3 is 3.00 bits per heavy atom. The van der Waals surface area contributed by atoms with Crippen LogP contribution in [0.3, 0.4) is 0 Å². The molecular formula is C17H17IN2O2S2. The van der Waals surface area contributed by atoms with Crippen LogP contribution in [0.25, 0.3) is 0 Å². The molecule has 2 bridgehead atoms. The van der Waals surface area contributed by atoms with E-state index in [9.17, 15) is 4.79 Å². The molecule has 1 aliphatic heterocycles. The third kappa shape index (κ3) is 3.25. The number of para-hydroxylation sites is 1. The zero-order chi connectivity index (χ0) is 17.2. The summed E-state index contributed by atoms with van der Waals surface area (Å²) in [5, 5.41) is 6.27. The molecule has 1 fully saturated rings. The zero-order valence-electron chi connectivity index (χ0n) is 13.1. The summed E-state index contributed by atoms with van der Waals surface area (Å²) in [6, 6.07) is 9.76. The number of thioether (sulfide) groups is 1. The first-order chi connectivity index (χ1) is 11.6. The van der Waals surface area contributed by atoms with E-state index >= 15 is 0 Å². The maximum absolute atomic E-state index is 12.3. The van der Waals surface area contributed by atoms with Gasteiger partial charge in [0.25, 0.3) is 0 Å². The fourth-order valence-electron chi connectivity index (χ4n) is 2.90. The number of anilines is 1. The largest absolute Gasteiger partial charge is 0.460 e. The predicted molar refractivity (Wildman–Crippen MR) is 112 cm³/mol. The number of rotatable bonds is 4. The van der Waals surface area contributed by atoms with Gasteiger partial charge in [0.15, 0.2) is 4.32 Å². The minimum Gasteiger partial charge on any atom is -0.460 e. The van der Waals surface area contributed by atoms with Crippen LogP contribution in [0.5, 0.6) is 0 Å². The number of carbonyl (C=O) groups excluding carboxylic acids is 1. The molecule has 3 atom stereocenters. The fraction of sp³-hybridized carbons (Fsp3) is 0.353. The van der Waals surface area contributed by atoms with Crippen LogP contribution in [0.4, 0.5) is 5.69 Å². The van der Waals surface area contributed by atoms with Gasteiger partial charge in [-0.25, -0.2) is 5.01 Å². The Kier molecular flexibility index (Phi) is 5.61. The van der Waals surface area contributed by atoms with Gasteiger partial charge in [0, 0.05) is 19.1 Å². The molecule has 1 aromatic rings. The van der Waals surface area contributed by atoms with Crippen LogP contribution < -0.4 is 5.01 Å². The number of esters is 1. The number of ether oxygens (including phenoxy) is 1. The summed E-state index contributed by atoms with van der Waals surface area (Å²) in [6.45, 7) is 0. The summed E-state index contributed by atoms with van der Waals surface area (Å²) in [4.78, 5) is 12.3. The van der Waals surface area contributed by atoms with Crippen LogP contribution in [0, 0.1) is 5.41 Å². The smallest absolute Gasteiger partial charge is 0.317 e. The molecule has 0 unspecified atom stereocenters. The van der Waals surface area contributed by atoms with Gasteiger partial charge < -0.3 is 4.74 Å². The molecule has 0 saturated carbocycles. The average Bonchev–Trinajstić information content (AvgIpc) is 2.74. The lowest BCUT2D eigenvalue weighted by atomic mass is 9.78. The molecule has 0 radical (unpaired) electrons. The molecule has 1 heterocycles. The second-order valence-corrected chi connectivity index (χ2v) is 8.43. The van der Waals surface area contributed by atoms with E-state index in [0.717, 1.165) is 12.1 Å². The molecule has 24 heavy (non-hydrogen) atoms. The lowest BCUT2D eigenvalue weighted by Crippen LogP contribution is -2.36. The monoisotopic (exact) mass is 472 g/mol. The van der Waals surface area contributed by atoms with Crippen LogP contribution in [-0.4, -0.2) is 32.8 Å². The minimum atomic E-state index is -0.601. The van der Waals surface area contributed by atoms with Gasteiger partial charge in [-0.05, 0) is 18.4 Å². The molecule has 1 aromatic carbocycles. The summed E-state index contributed by atoms with van der Waals surface area (Å²) in [5.74, 6) is -0.147. The number of benzene rings is 1. The van der Waals surface area contributed by atoms with Crippen molar-refractivity contribution in [3.8, 4) is 0 Å². The maximum Gasteiger partial charge on any atom is 0.317 e. The maximum atomic E-state index is 12.3. The van der Waals surface area contributed by atoms with E-state index in [4.69, 9.17) is 17.0 Å². The topological polar surface area (TPSA) is 41.9 Å². The summed E-state index contributed by atoms with van der Waals surface area (Å²) in [6.07, 6.45) is 9.02. The Hall–Kier alpha value is -0.930. The predicted octanol–water partition coefficient (Wildman–Crippen LogP) is 4.19. The van der Waals surface area contributed by atoms with Gasteiger partial charge in [0.05, 0.1) is 9.61 Å². The van der Waals surface area contributed by atoms with Gasteiger partial charge in [-0.15, -0.1) is 0 Å². The average molecular weight is 472 g/mol. The third-order valence-electron chi connectivity index (χ3n) is 4.22. The first-order valence-corrected chi connectivity index (χ1v) is 10.4. The van der Waals surface area contributed by atoms with E-state index in [1.54, 1.807) is 11.2 Å². The molecular weight excluding hydrogens is 455 g/mol. The van der Waals surface area contributed by atoms with Crippen molar-refractivity contribution in [2.75, 3.05) is 11.3 Å². The van der Waals surface area contributed by atoms with Gasteiger partial charge in [-0.1, -0.05) is 76.9 Å². The van der Waals surface area contributed by atoms with Crippen molar-refractivity contribution in [2.24, 2.45) is 10.5 Å². The van der Waals surface area contributed by atoms with E-state index in [0.29, 0.717) is 10.7 Å². The number of thiocarbonyl (C=S) groups is 1. The molecule has 0 aromatic heterocycles. The lowest BCUT2D eigenvalue weighted by molar-refractivity contribution is -0.146. The summed E-state index contributed by atoms with van der Waals surface area (Å²) >= 11 is 9.20. The van der Waals surface area contributed by atoms with Gasteiger partial charge in [-0.3, -0.25) is 4.79 Å². The minimum absolute atomic E-state index is 0.0194. The SMILES string of the molecule is CSC(=S)N(/N=C/C[C@@]12C=CC[C@@H](OC1=O)[C@@H]2I)c1ccccc1. The van der Waals surface area contributed by atoms with Crippen molar-refractivity contribution < 1.29 is 9.53 Å². The van der Waals surface area contributed by atoms with E-state index in [-0.39, 0.29) is 16.0 Å². The lowest BCUT2D eigenvalue weighted by Gasteiger charge is -2.27. The molecule has 4 nitrogen and oxygen atoms in total. The third-order valence-corrected chi connectivity index (χ3v) is 7.32. The van der Waals surface area contributed by atoms with E-state index in [1.807, 2.05) is 48.7 Å². The van der Waals surface area contributed by atoms with Gasteiger partial charge in [-0.2, -0.15) is 5.10 Å². The van der Waals surface area contributed by atoms with Crippen molar-refractivity contribution >= 4 is 68.8 Å². The molecule has 0 amide bonds. The van der Waals surface area contributed by atoms with E-state index in [1.165, 1.54) is 11.8 Å². The number of nitrogens with zero attached hydrogens (tertiary/aromatic N) is 2. The standard InChI is InChI=1S/C17H17IN2O2S2/c1-24-16(23)20(12-6-3-2-4-7-12)19-11-10-17-9-5-8-13(14(17)18)22-15(17)21/h2-7,9,11,13-14H,8,10H2,1H3/b19-11+/t13-,14+,17-/m1/s1. The van der Waals surface area contributed by atoms with Crippen LogP contribution in [0.15, 0.2) is 47.6 Å². The molecule has 126 valence electrons. The van der Waals surface area contributed by atoms with Crippen molar-refractivity contribution in [1.82, 2.24) is 0 Å². The highest BCUT2D eigenvalue weighted by molar-refractivity contribution is 14.1. The Morgan fingerprint density at radius 1 is 1.54 bits per heavy atom. The molecule has 7 heteroatoms. The van der Waals surface area contributed by atoms with Crippen LogP contribution in [0.2, 0.25) is 0 Å². The number of carbonyl (C=O) groups is 1. The number of halogens is 1. The van der Waals surface area contributed by atoms with Crippen LogP contribution in [-0.2, 0) is 9.53 Å². The Bertz CT molecular complexity index is 695. The Morgan fingerprint density at radius 2 is 2.29 bits per heavy atom. The second kappa shape index (κ2) is 7.53. The molecule has 3 rings (SSSR count). The van der Waals surface area contributed by atoms with Crippen molar-refractivity contribution in [3.05, 3.63) is 42.5 Å². The normalized spacial score (nSPS) is 28.2. The first kappa shape index (κ1) is 17.9. The summed E-state index contributed by atoms with van der Waals surface area (Å²) < 4.78 is 6.29. The molecule has 2 aliphatic rings. The van der Waals surface area contributed by atoms with Gasteiger partial charge >= 0.3 is 5.97 Å². The molecule has 0 spiro atoms. The summed E-state index contributed by atoms with van der Waals surface area (Å²) in [5.41, 5.74) is 0.304. The van der Waals surface area contributed by atoms with Crippen molar-refractivity contribution in [3.63, 3.8) is 0 Å². The number of alkyl halides is 1. The Labute approximate surface area is 164 Å². The number of hydrogen-bond donors (Lipinski definition) is 0. The molecule has 1 aliphatic carbocycles. The fourth-order valence-corrected chi connectivity index (χ4v) is 4.54. The number of hydrazone groups is 1. The molecule has 1 saturated heterocycles. The summed E-state index contributed by atoms with van der Waals surface area (Å²) in [7, 11) is 0. The van der Waals surface area contributed by atoms with Gasteiger partial charge in [0.2, 0.25) is 0 Å². The van der Waals surface area contributed by atoms with Crippen LogP contribution in [0.1, 0.15) is 12.8 Å². The van der Waals surface area contributed by atoms with E-state index < -0.39 is 5.41 Å².